The van der Waals surface area contributed by atoms with Crippen LogP contribution in [0.1, 0.15) is 0 Å². The lowest BCUT2D eigenvalue weighted by atomic mass is 10.0. The maximum absolute atomic E-state index is 13.7. The number of pyridine rings is 1. The van der Waals surface area contributed by atoms with E-state index in [0.717, 1.165) is 0 Å². The zero-order chi connectivity index (χ0) is 25.8. The fraction of sp³-hybridized carbons (Fsp3) is 0.167. The van der Waals surface area contributed by atoms with Gasteiger partial charge < -0.3 is 20.8 Å². The highest BCUT2D eigenvalue weighted by Gasteiger charge is 2.19. The van der Waals surface area contributed by atoms with Crippen LogP contribution in [-0.2, 0) is 0 Å². The molecule has 2 heterocycles. The van der Waals surface area contributed by atoms with Gasteiger partial charge >= 0.3 is 6.61 Å². The van der Waals surface area contributed by atoms with E-state index in [-0.39, 0.29) is 28.5 Å². The Morgan fingerprint density at radius 2 is 1.92 bits per heavy atom. The second-order valence-corrected chi connectivity index (χ2v) is 7.56. The first-order valence-electron chi connectivity index (χ1n) is 10.6. The number of rotatable bonds is 8. The number of allylic oxidation sites excluding steroid dienone is 5. The first-order valence-corrected chi connectivity index (χ1v) is 10.6. The molecule has 4 rings (SSSR count). The average Bonchev–Trinajstić information content (AvgIpc) is 2.84. The number of hydrogen-bond donors (Lipinski definition) is 3. The number of nitrogens with one attached hydrogen (secondary N) is 3. The number of aromatic nitrogens is 3. The van der Waals surface area contributed by atoms with Gasteiger partial charge in [-0.15, -0.1) is 0 Å². The van der Waals surface area contributed by atoms with E-state index in [0.29, 0.717) is 22.2 Å². The van der Waals surface area contributed by atoms with Gasteiger partial charge in [-0.1, -0.05) is 12.1 Å². The van der Waals surface area contributed by atoms with Gasteiger partial charge in [0.05, 0.1) is 23.3 Å². The zero-order valence-corrected chi connectivity index (χ0v) is 18.8. The fourth-order valence-electron chi connectivity index (χ4n) is 3.59. The third kappa shape index (κ3) is 5.27. The van der Waals surface area contributed by atoms with Crippen molar-refractivity contribution in [1.82, 2.24) is 19.9 Å². The van der Waals surface area contributed by atoms with E-state index in [1.807, 2.05) is 0 Å². The normalized spacial score (nSPS) is 14.6. The molecule has 0 radical (unpaired) electrons. The van der Waals surface area contributed by atoms with E-state index in [2.05, 4.69) is 25.3 Å². The standard InChI is InChI=1S/C24H20F4N6O2/c1-30-9-14-8-16(4-7-18(14)29)34-12-15-10-31-24(32-11-19(25)26)33-21(15)20(22(34)35)13-2-5-17(6-3-13)36-23(27)28/h2-10,12,19,23,29-30H,11H2,1H3,(H,32,33)/b14-9-,29-18?. The summed E-state index contributed by atoms with van der Waals surface area (Å²) in [5.74, 6) is -0.190. The first-order chi connectivity index (χ1) is 17.3. The predicted molar refractivity (Wildman–Crippen MR) is 129 cm³/mol. The van der Waals surface area contributed by atoms with E-state index >= 15 is 0 Å². The molecule has 1 aliphatic rings. The molecule has 0 saturated carbocycles. The fourth-order valence-corrected chi connectivity index (χ4v) is 3.59. The molecule has 1 aliphatic carbocycles. The number of nitrogens with zero attached hydrogens (tertiary/aromatic N) is 3. The minimum atomic E-state index is -3.01. The molecule has 3 aromatic rings. The number of fused-ring (bicyclic) bond motifs is 1. The maximum Gasteiger partial charge on any atom is 0.387 e. The van der Waals surface area contributed by atoms with Crippen LogP contribution in [0, 0.1) is 5.41 Å². The summed E-state index contributed by atoms with van der Waals surface area (Å²) in [6.07, 6.45) is 6.67. The average molecular weight is 500 g/mol. The lowest BCUT2D eigenvalue weighted by Gasteiger charge is -2.16. The molecule has 0 saturated heterocycles. The molecule has 0 atom stereocenters. The molecule has 0 spiro atoms. The Morgan fingerprint density at radius 3 is 2.58 bits per heavy atom. The van der Waals surface area contributed by atoms with E-state index < -0.39 is 25.1 Å². The van der Waals surface area contributed by atoms with E-state index in [1.165, 1.54) is 41.2 Å². The molecule has 0 bridgehead atoms. The number of ether oxygens (including phenoxy) is 1. The SMILES string of the molecule is CN/C=C1/C=C(n2cc3cnc(NCC(F)F)nc3c(-c3ccc(OC(F)F)cc3)c2=O)C=CC1=N. The summed E-state index contributed by atoms with van der Waals surface area (Å²) < 4.78 is 56.2. The first kappa shape index (κ1) is 24.6. The third-order valence-electron chi connectivity index (χ3n) is 5.15. The molecule has 0 amide bonds. The largest absolute Gasteiger partial charge is 0.435 e. The van der Waals surface area contributed by atoms with Gasteiger partial charge in [-0.25, -0.2) is 18.7 Å². The van der Waals surface area contributed by atoms with E-state index in [1.54, 1.807) is 31.5 Å². The summed E-state index contributed by atoms with van der Waals surface area (Å²) >= 11 is 0. The van der Waals surface area contributed by atoms with Crippen LogP contribution in [-0.4, -0.2) is 46.9 Å². The minimum absolute atomic E-state index is 0.0941. The Kier molecular flexibility index (Phi) is 7.13. The van der Waals surface area contributed by atoms with Crippen LogP contribution in [0.25, 0.3) is 27.7 Å². The summed E-state index contributed by atoms with van der Waals surface area (Å²) in [6, 6.07) is 5.44. The van der Waals surface area contributed by atoms with Crippen molar-refractivity contribution in [2.75, 3.05) is 18.9 Å². The van der Waals surface area contributed by atoms with Gasteiger partial charge in [0.25, 0.3) is 12.0 Å². The number of halogens is 4. The molecule has 0 unspecified atom stereocenters. The second kappa shape index (κ2) is 10.4. The number of benzene rings is 1. The van der Waals surface area contributed by atoms with Gasteiger partial charge in [-0.05, 0) is 35.9 Å². The van der Waals surface area contributed by atoms with Crippen LogP contribution in [0.4, 0.5) is 23.5 Å². The Bertz CT molecular complexity index is 1450. The number of anilines is 1. The quantitative estimate of drug-likeness (QED) is 0.399. The van der Waals surface area contributed by atoms with Gasteiger partial charge in [0.2, 0.25) is 5.95 Å². The molecule has 8 nitrogen and oxygen atoms in total. The minimum Gasteiger partial charge on any atom is -0.435 e. The highest BCUT2D eigenvalue weighted by Crippen LogP contribution is 2.28. The molecule has 186 valence electrons. The van der Waals surface area contributed by atoms with Crippen molar-refractivity contribution in [1.29, 1.82) is 5.41 Å². The Balaban J connectivity index is 1.91. The van der Waals surface area contributed by atoms with Crippen molar-refractivity contribution >= 4 is 28.3 Å². The van der Waals surface area contributed by atoms with E-state index in [4.69, 9.17) is 5.41 Å². The molecular formula is C24H20F4N6O2. The molecule has 1 aromatic carbocycles. The molecule has 36 heavy (non-hydrogen) atoms. The summed E-state index contributed by atoms with van der Waals surface area (Å²) in [7, 11) is 1.69. The van der Waals surface area contributed by atoms with Crippen LogP contribution >= 0.6 is 0 Å². The van der Waals surface area contributed by atoms with E-state index in [9.17, 15) is 22.4 Å². The highest BCUT2D eigenvalue weighted by molar-refractivity contribution is 6.12. The summed E-state index contributed by atoms with van der Waals surface area (Å²) in [5, 5.41) is 13.8. The van der Waals surface area contributed by atoms with Crippen LogP contribution in [0.2, 0.25) is 0 Å². The van der Waals surface area contributed by atoms with Crippen LogP contribution in [0.5, 0.6) is 5.75 Å². The number of alkyl halides is 4. The lowest BCUT2D eigenvalue weighted by Crippen LogP contribution is -2.23. The van der Waals surface area contributed by atoms with Crippen LogP contribution in [0.15, 0.2) is 71.5 Å². The summed E-state index contributed by atoms with van der Waals surface area (Å²) in [5.41, 5.74) is 1.38. The predicted octanol–water partition coefficient (Wildman–Crippen LogP) is 4.27. The van der Waals surface area contributed by atoms with Gasteiger partial charge in [0.1, 0.15) is 5.75 Å². The molecule has 12 heteroatoms. The molecule has 0 fully saturated rings. The molecule has 2 aromatic heterocycles. The topological polar surface area (TPSA) is 105 Å². The van der Waals surface area contributed by atoms with Crippen LogP contribution in [0.3, 0.4) is 0 Å². The Labute approximate surface area is 202 Å². The van der Waals surface area contributed by atoms with Crippen molar-refractivity contribution < 1.29 is 22.3 Å². The zero-order valence-electron chi connectivity index (χ0n) is 18.8. The van der Waals surface area contributed by atoms with Crippen molar-refractivity contribution in [2.24, 2.45) is 0 Å². The smallest absolute Gasteiger partial charge is 0.387 e. The molecule has 0 aliphatic heterocycles. The van der Waals surface area contributed by atoms with Crippen molar-refractivity contribution in [2.45, 2.75) is 13.0 Å². The molecular weight excluding hydrogens is 480 g/mol. The van der Waals surface area contributed by atoms with Crippen molar-refractivity contribution in [3.8, 4) is 16.9 Å². The molecule has 3 N–H and O–H groups in total. The Hall–Kier alpha value is -4.48. The van der Waals surface area contributed by atoms with Gasteiger partial charge in [0.15, 0.2) is 0 Å². The van der Waals surface area contributed by atoms with Gasteiger partial charge in [-0.2, -0.15) is 8.78 Å². The maximum atomic E-state index is 13.7. The van der Waals surface area contributed by atoms with Crippen molar-refractivity contribution in [3.05, 3.63) is 77.0 Å². The monoisotopic (exact) mass is 500 g/mol. The second-order valence-electron chi connectivity index (χ2n) is 7.56. The Morgan fingerprint density at radius 1 is 1.17 bits per heavy atom. The summed E-state index contributed by atoms with van der Waals surface area (Å²) in [6.45, 7) is -3.69. The van der Waals surface area contributed by atoms with Crippen LogP contribution < -0.4 is 20.9 Å². The third-order valence-corrected chi connectivity index (χ3v) is 5.15. The number of hydrogen-bond acceptors (Lipinski definition) is 7. The van der Waals surface area contributed by atoms with Gasteiger partial charge in [0, 0.05) is 42.3 Å². The van der Waals surface area contributed by atoms with Crippen molar-refractivity contribution in [3.63, 3.8) is 0 Å². The summed E-state index contributed by atoms with van der Waals surface area (Å²) in [4.78, 5) is 22.1. The highest BCUT2D eigenvalue weighted by atomic mass is 19.3. The lowest BCUT2D eigenvalue weighted by molar-refractivity contribution is -0.0498. The van der Waals surface area contributed by atoms with Gasteiger partial charge in [-0.3, -0.25) is 9.36 Å².